The highest BCUT2D eigenvalue weighted by Gasteiger charge is 2.70. The zero-order valence-corrected chi connectivity index (χ0v) is 23.7. The molecule has 0 heterocycles. The number of ether oxygens (including phenoxy) is 1. The standard InChI is InChI=1S/C32H52O3/c1-20(2)22-11-16-32(19-35-21(3)33)18-17-30(7)23(27(22)32)9-10-25-29(6)14-13-26(34)28(4,5)24(29)12-15-31(25,30)8/h22-27,34H,1,9-19H2,2-8H3/t22-,23+,24-,25+,26-,27+,29-,30+,31+,32+/m0/s1. The highest BCUT2D eigenvalue weighted by atomic mass is 16.5. The number of aliphatic hydroxyl groups is 1. The lowest BCUT2D eigenvalue weighted by atomic mass is 9.32. The summed E-state index contributed by atoms with van der Waals surface area (Å²) in [7, 11) is 0. The van der Waals surface area contributed by atoms with E-state index in [-0.39, 0.29) is 22.9 Å². The molecule has 5 aliphatic rings. The van der Waals surface area contributed by atoms with Gasteiger partial charge < -0.3 is 9.84 Å². The van der Waals surface area contributed by atoms with Gasteiger partial charge in [0, 0.05) is 12.3 Å². The molecular weight excluding hydrogens is 432 g/mol. The summed E-state index contributed by atoms with van der Waals surface area (Å²) in [5.74, 6) is 3.04. The van der Waals surface area contributed by atoms with Gasteiger partial charge in [0.15, 0.2) is 0 Å². The van der Waals surface area contributed by atoms with E-state index in [1.165, 1.54) is 63.4 Å². The summed E-state index contributed by atoms with van der Waals surface area (Å²) in [4.78, 5) is 11.9. The van der Waals surface area contributed by atoms with Crippen LogP contribution in [0.15, 0.2) is 12.2 Å². The third-order valence-electron chi connectivity index (χ3n) is 13.8. The molecule has 5 fully saturated rings. The molecule has 0 saturated heterocycles. The van der Waals surface area contributed by atoms with Gasteiger partial charge in [-0.1, -0.05) is 46.8 Å². The molecule has 3 heteroatoms. The fourth-order valence-electron chi connectivity index (χ4n) is 11.8. The Kier molecular flexibility index (Phi) is 5.96. The molecule has 0 aliphatic heterocycles. The maximum atomic E-state index is 11.9. The van der Waals surface area contributed by atoms with Crippen LogP contribution in [0.3, 0.4) is 0 Å². The van der Waals surface area contributed by atoms with E-state index in [1.54, 1.807) is 6.92 Å². The lowest BCUT2D eigenvalue weighted by Crippen LogP contribution is -2.66. The number of fused-ring (bicyclic) bond motifs is 7. The highest BCUT2D eigenvalue weighted by Crippen LogP contribution is 2.77. The monoisotopic (exact) mass is 484 g/mol. The highest BCUT2D eigenvalue weighted by molar-refractivity contribution is 5.65. The lowest BCUT2D eigenvalue weighted by molar-refractivity contribution is -0.249. The molecule has 5 rings (SSSR count). The summed E-state index contributed by atoms with van der Waals surface area (Å²) >= 11 is 0. The van der Waals surface area contributed by atoms with E-state index in [2.05, 4.69) is 48.1 Å². The Bertz CT molecular complexity index is 891. The summed E-state index contributed by atoms with van der Waals surface area (Å²) in [5, 5.41) is 10.9. The second-order valence-corrected chi connectivity index (χ2v) is 15.2. The smallest absolute Gasteiger partial charge is 0.302 e. The number of carbonyl (C=O) groups is 1. The molecule has 0 spiro atoms. The summed E-state index contributed by atoms with van der Waals surface area (Å²) in [6.45, 7) is 21.5. The molecule has 0 radical (unpaired) electrons. The Morgan fingerprint density at radius 3 is 2.23 bits per heavy atom. The first kappa shape index (κ1) is 25.8. The van der Waals surface area contributed by atoms with Crippen molar-refractivity contribution in [3.8, 4) is 0 Å². The minimum Gasteiger partial charge on any atom is -0.465 e. The molecule has 0 unspecified atom stereocenters. The van der Waals surface area contributed by atoms with Crippen LogP contribution in [0.2, 0.25) is 0 Å². The largest absolute Gasteiger partial charge is 0.465 e. The number of hydrogen-bond acceptors (Lipinski definition) is 3. The molecule has 5 saturated carbocycles. The minimum absolute atomic E-state index is 0.00826. The van der Waals surface area contributed by atoms with E-state index >= 15 is 0 Å². The average Bonchev–Trinajstić information content (AvgIpc) is 3.16. The van der Waals surface area contributed by atoms with Gasteiger partial charge >= 0.3 is 5.97 Å². The SMILES string of the molecule is C=C(C)[C@@H]1CC[C@]2(COC(C)=O)CC[C@]3(C)[C@H](CC[C@@H]4[C@@]5(C)CC[C@H](O)C(C)(C)[C@@H]5CC[C@]43C)[C@@H]12. The molecular formula is C32H52O3. The normalized spacial score (nSPS) is 52.5. The second kappa shape index (κ2) is 8.08. The molecule has 0 aromatic heterocycles. The molecule has 0 amide bonds. The van der Waals surface area contributed by atoms with Crippen LogP contribution < -0.4 is 0 Å². The van der Waals surface area contributed by atoms with E-state index in [4.69, 9.17) is 4.74 Å². The number of carbonyl (C=O) groups excluding carboxylic acids is 1. The summed E-state index contributed by atoms with van der Waals surface area (Å²) < 4.78 is 5.79. The number of hydrogen-bond donors (Lipinski definition) is 1. The second-order valence-electron chi connectivity index (χ2n) is 15.2. The van der Waals surface area contributed by atoms with Crippen molar-refractivity contribution in [1.29, 1.82) is 0 Å². The van der Waals surface area contributed by atoms with Gasteiger partial charge in [-0.2, -0.15) is 0 Å². The van der Waals surface area contributed by atoms with Gasteiger partial charge in [-0.05, 0) is 122 Å². The molecule has 0 bridgehead atoms. The molecule has 3 nitrogen and oxygen atoms in total. The van der Waals surface area contributed by atoms with Gasteiger partial charge in [0.1, 0.15) is 0 Å². The maximum absolute atomic E-state index is 11.9. The molecule has 198 valence electrons. The van der Waals surface area contributed by atoms with Crippen molar-refractivity contribution in [2.24, 2.45) is 56.7 Å². The van der Waals surface area contributed by atoms with E-state index in [0.29, 0.717) is 46.5 Å². The van der Waals surface area contributed by atoms with Crippen molar-refractivity contribution in [3.63, 3.8) is 0 Å². The minimum atomic E-state index is -0.164. The van der Waals surface area contributed by atoms with Crippen molar-refractivity contribution < 1.29 is 14.6 Å². The van der Waals surface area contributed by atoms with Gasteiger partial charge in [0.05, 0.1) is 12.7 Å². The maximum Gasteiger partial charge on any atom is 0.302 e. The van der Waals surface area contributed by atoms with Gasteiger partial charge in [-0.25, -0.2) is 0 Å². The van der Waals surface area contributed by atoms with Gasteiger partial charge in [-0.15, -0.1) is 0 Å². The van der Waals surface area contributed by atoms with Crippen molar-refractivity contribution in [2.45, 2.75) is 119 Å². The Labute approximate surface area is 214 Å². The van der Waals surface area contributed by atoms with Crippen LogP contribution in [0.5, 0.6) is 0 Å². The van der Waals surface area contributed by atoms with Crippen molar-refractivity contribution in [1.82, 2.24) is 0 Å². The predicted octanol–water partition coefficient (Wildman–Crippen LogP) is 7.57. The summed E-state index contributed by atoms with van der Waals surface area (Å²) in [5.41, 5.74) is 2.45. The van der Waals surface area contributed by atoms with Crippen LogP contribution in [0.1, 0.15) is 113 Å². The van der Waals surface area contributed by atoms with Crippen molar-refractivity contribution in [3.05, 3.63) is 12.2 Å². The number of aliphatic hydroxyl groups excluding tert-OH is 1. The Hall–Kier alpha value is -0.830. The van der Waals surface area contributed by atoms with Gasteiger partial charge in [0.25, 0.3) is 0 Å². The molecule has 0 aromatic carbocycles. The van der Waals surface area contributed by atoms with E-state index in [0.717, 1.165) is 12.3 Å². The number of allylic oxidation sites excluding steroid dienone is 1. The molecule has 35 heavy (non-hydrogen) atoms. The third-order valence-corrected chi connectivity index (χ3v) is 13.8. The van der Waals surface area contributed by atoms with Crippen LogP contribution in [0.25, 0.3) is 0 Å². The van der Waals surface area contributed by atoms with Crippen LogP contribution in [0, 0.1) is 56.7 Å². The van der Waals surface area contributed by atoms with Gasteiger partial charge in [0.2, 0.25) is 0 Å². The third kappa shape index (κ3) is 3.34. The molecule has 0 aromatic rings. The molecule has 1 N–H and O–H groups in total. The first-order valence-electron chi connectivity index (χ1n) is 14.7. The molecule has 5 aliphatic carbocycles. The summed E-state index contributed by atoms with van der Waals surface area (Å²) in [6, 6.07) is 0. The van der Waals surface area contributed by atoms with E-state index in [1.807, 2.05) is 0 Å². The van der Waals surface area contributed by atoms with Crippen LogP contribution in [0.4, 0.5) is 0 Å². The summed E-state index contributed by atoms with van der Waals surface area (Å²) in [6.07, 6.45) is 12.0. The van der Waals surface area contributed by atoms with Gasteiger partial charge in [-0.3, -0.25) is 4.79 Å². The lowest BCUT2D eigenvalue weighted by Gasteiger charge is -2.73. The zero-order chi connectivity index (χ0) is 25.6. The average molecular weight is 485 g/mol. The van der Waals surface area contributed by atoms with Crippen molar-refractivity contribution in [2.75, 3.05) is 6.61 Å². The number of esters is 1. The van der Waals surface area contributed by atoms with E-state index < -0.39 is 0 Å². The van der Waals surface area contributed by atoms with Crippen LogP contribution >= 0.6 is 0 Å². The predicted molar refractivity (Wildman–Crippen MR) is 142 cm³/mol. The topological polar surface area (TPSA) is 46.5 Å². The fraction of sp³-hybridized carbons (Fsp3) is 0.906. The Balaban J connectivity index is 1.53. The number of rotatable bonds is 3. The van der Waals surface area contributed by atoms with Crippen molar-refractivity contribution >= 4 is 5.97 Å². The molecule has 10 atom stereocenters. The Morgan fingerprint density at radius 2 is 1.57 bits per heavy atom. The Morgan fingerprint density at radius 1 is 0.857 bits per heavy atom. The quantitative estimate of drug-likeness (QED) is 0.332. The first-order valence-corrected chi connectivity index (χ1v) is 14.7. The first-order chi connectivity index (χ1) is 16.2. The van der Waals surface area contributed by atoms with E-state index in [9.17, 15) is 9.90 Å². The zero-order valence-electron chi connectivity index (χ0n) is 23.7. The van der Waals surface area contributed by atoms with Crippen LogP contribution in [-0.4, -0.2) is 23.8 Å². The fourth-order valence-corrected chi connectivity index (χ4v) is 11.8. The van der Waals surface area contributed by atoms with Crippen LogP contribution in [-0.2, 0) is 9.53 Å².